The second kappa shape index (κ2) is 9.05. The Bertz CT molecular complexity index is 956. The summed E-state index contributed by atoms with van der Waals surface area (Å²) in [5.74, 6) is 0.890. The summed E-state index contributed by atoms with van der Waals surface area (Å²) in [4.78, 5) is 11.8. The number of hydrogen-bond acceptors (Lipinski definition) is 5. The summed E-state index contributed by atoms with van der Waals surface area (Å²) in [6.07, 6.45) is 0. The van der Waals surface area contributed by atoms with Crippen LogP contribution < -0.4 is 10.5 Å². The minimum absolute atomic E-state index is 0.0317. The number of hydrogen-bond donors (Lipinski definition) is 2. The number of carbonyl (C=O) groups excluding carboxylic acids is 1. The number of halogens is 1. The van der Waals surface area contributed by atoms with Crippen molar-refractivity contribution in [1.82, 2.24) is 5.32 Å². The van der Waals surface area contributed by atoms with Crippen molar-refractivity contribution in [2.24, 2.45) is 5.14 Å². The third-order valence-corrected chi connectivity index (χ3v) is 5.83. The van der Waals surface area contributed by atoms with E-state index in [4.69, 9.17) is 22.0 Å². The van der Waals surface area contributed by atoms with Crippen LogP contribution in [0.2, 0.25) is 5.02 Å². The van der Waals surface area contributed by atoms with Gasteiger partial charge < -0.3 is 5.32 Å². The third kappa shape index (κ3) is 5.47. The molecule has 0 aliphatic carbocycles. The molecule has 0 unspecified atom stereocenters. The molecule has 2 aromatic carbocycles. The Morgan fingerprint density at radius 3 is 2.69 bits per heavy atom. The van der Waals surface area contributed by atoms with Crippen molar-refractivity contribution in [3.8, 4) is 6.07 Å². The lowest BCUT2D eigenvalue weighted by atomic mass is 10.1. The number of carbonyl (C=O) groups is 1. The van der Waals surface area contributed by atoms with Gasteiger partial charge in [-0.05, 0) is 29.8 Å². The molecule has 3 N–H and O–H groups in total. The maximum atomic E-state index is 12.1. The number of amides is 1. The molecular formula is C17H16ClN3O3S2. The van der Waals surface area contributed by atoms with E-state index >= 15 is 0 Å². The number of sulfonamides is 1. The fourth-order valence-electron chi connectivity index (χ4n) is 2.14. The molecule has 0 spiro atoms. The Morgan fingerprint density at radius 1 is 1.27 bits per heavy atom. The first-order chi connectivity index (χ1) is 12.3. The van der Waals surface area contributed by atoms with E-state index in [9.17, 15) is 13.2 Å². The Kier molecular flexibility index (Phi) is 7.06. The minimum atomic E-state index is -4.00. The number of nitrogens with zero attached hydrogens (tertiary/aromatic N) is 1. The van der Waals surface area contributed by atoms with Crippen LogP contribution in [0, 0.1) is 11.3 Å². The molecule has 0 saturated heterocycles. The molecule has 0 aromatic heterocycles. The van der Waals surface area contributed by atoms with Gasteiger partial charge >= 0.3 is 0 Å². The lowest BCUT2D eigenvalue weighted by Gasteiger charge is -2.08. The second-order valence-corrected chi connectivity index (χ2v) is 8.31. The van der Waals surface area contributed by atoms with Gasteiger partial charge in [-0.25, -0.2) is 13.6 Å². The van der Waals surface area contributed by atoms with E-state index in [2.05, 4.69) is 11.4 Å². The summed E-state index contributed by atoms with van der Waals surface area (Å²) in [5, 5.41) is 16.8. The van der Waals surface area contributed by atoms with Gasteiger partial charge in [0.1, 0.15) is 4.90 Å². The second-order valence-electron chi connectivity index (χ2n) is 5.27. The molecule has 2 rings (SSSR count). The van der Waals surface area contributed by atoms with Gasteiger partial charge in [-0.2, -0.15) is 17.0 Å². The molecule has 136 valence electrons. The number of rotatable bonds is 7. The first kappa shape index (κ1) is 20.3. The molecule has 0 atom stereocenters. The van der Waals surface area contributed by atoms with E-state index < -0.39 is 15.9 Å². The summed E-state index contributed by atoms with van der Waals surface area (Å²) in [6.45, 7) is 0.394. The Balaban J connectivity index is 1.87. The normalized spacial score (nSPS) is 11.0. The Hall–Kier alpha value is -2.05. The number of nitrogens with one attached hydrogen (secondary N) is 1. The summed E-state index contributed by atoms with van der Waals surface area (Å²) in [7, 11) is -4.00. The predicted octanol–water partition coefficient (Wildman–Crippen LogP) is 2.52. The van der Waals surface area contributed by atoms with Gasteiger partial charge in [0.25, 0.3) is 5.91 Å². The lowest BCUT2D eigenvalue weighted by Crippen LogP contribution is -2.26. The maximum absolute atomic E-state index is 12.1. The first-order valence-electron chi connectivity index (χ1n) is 7.49. The van der Waals surface area contributed by atoms with Gasteiger partial charge in [0, 0.05) is 23.6 Å². The quantitative estimate of drug-likeness (QED) is 0.682. The Labute approximate surface area is 161 Å². The standard InChI is InChI=1S/C17H16ClN3O3S2/c18-15-6-5-12(9-16(15)26(20,23)24)17(22)21-7-8-25-11-14-4-2-1-3-13(14)10-19/h1-6,9H,7-8,11H2,(H,21,22)(H2,20,23,24). The maximum Gasteiger partial charge on any atom is 0.251 e. The van der Waals surface area contributed by atoms with E-state index in [0.717, 1.165) is 11.6 Å². The van der Waals surface area contributed by atoms with Crippen LogP contribution in [-0.4, -0.2) is 26.6 Å². The van der Waals surface area contributed by atoms with E-state index in [1.165, 1.54) is 12.1 Å². The van der Waals surface area contributed by atoms with Crippen molar-refractivity contribution in [1.29, 1.82) is 5.26 Å². The monoisotopic (exact) mass is 409 g/mol. The van der Waals surface area contributed by atoms with Crippen LogP contribution in [0.15, 0.2) is 47.4 Å². The highest BCUT2D eigenvalue weighted by atomic mass is 35.5. The first-order valence-corrected chi connectivity index (χ1v) is 10.6. The molecule has 9 heteroatoms. The molecule has 0 aliphatic heterocycles. The molecular weight excluding hydrogens is 394 g/mol. The molecule has 0 bridgehead atoms. The summed E-state index contributed by atoms with van der Waals surface area (Å²) in [6, 6.07) is 13.4. The number of primary sulfonamides is 1. The van der Waals surface area contributed by atoms with Crippen molar-refractivity contribution in [2.45, 2.75) is 10.6 Å². The van der Waals surface area contributed by atoms with E-state index in [0.29, 0.717) is 23.6 Å². The van der Waals surface area contributed by atoms with Crippen molar-refractivity contribution in [2.75, 3.05) is 12.3 Å². The molecule has 0 heterocycles. The SMILES string of the molecule is N#Cc1ccccc1CSCCNC(=O)c1ccc(Cl)c(S(N)(=O)=O)c1. The van der Waals surface area contributed by atoms with Crippen molar-refractivity contribution >= 4 is 39.3 Å². The smallest absolute Gasteiger partial charge is 0.251 e. The van der Waals surface area contributed by atoms with Crippen LogP contribution in [0.1, 0.15) is 21.5 Å². The molecule has 2 aromatic rings. The summed E-state index contributed by atoms with van der Waals surface area (Å²) in [5.41, 5.74) is 1.75. The Morgan fingerprint density at radius 2 is 2.00 bits per heavy atom. The number of nitriles is 1. The van der Waals surface area contributed by atoms with Crippen LogP contribution in [0.3, 0.4) is 0 Å². The number of thioether (sulfide) groups is 1. The summed E-state index contributed by atoms with van der Waals surface area (Å²) < 4.78 is 22.9. The molecule has 0 saturated carbocycles. The fraction of sp³-hybridized carbons (Fsp3) is 0.176. The van der Waals surface area contributed by atoms with E-state index in [-0.39, 0.29) is 15.5 Å². The highest BCUT2D eigenvalue weighted by Crippen LogP contribution is 2.21. The lowest BCUT2D eigenvalue weighted by molar-refractivity contribution is 0.0956. The topological polar surface area (TPSA) is 113 Å². The van der Waals surface area contributed by atoms with Crippen LogP contribution in [0.25, 0.3) is 0 Å². The highest BCUT2D eigenvalue weighted by Gasteiger charge is 2.16. The number of benzene rings is 2. The van der Waals surface area contributed by atoms with Crippen molar-refractivity contribution < 1.29 is 13.2 Å². The van der Waals surface area contributed by atoms with Crippen LogP contribution in [0.5, 0.6) is 0 Å². The fourth-order valence-corrected chi connectivity index (χ4v) is 4.07. The summed E-state index contributed by atoms with van der Waals surface area (Å²) >= 11 is 7.38. The van der Waals surface area contributed by atoms with Gasteiger partial charge in [-0.15, -0.1) is 0 Å². The zero-order valence-corrected chi connectivity index (χ0v) is 16.0. The predicted molar refractivity (Wildman–Crippen MR) is 102 cm³/mol. The van der Waals surface area contributed by atoms with Crippen molar-refractivity contribution in [3.05, 3.63) is 64.2 Å². The van der Waals surface area contributed by atoms with E-state index in [1.807, 2.05) is 18.2 Å². The van der Waals surface area contributed by atoms with Crippen LogP contribution in [-0.2, 0) is 15.8 Å². The van der Waals surface area contributed by atoms with E-state index in [1.54, 1.807) is 17.8 Å². The van der Waals surface area contributed by atoms with Gasteiger partial charge in [0.15, 0.2) is 0 Å². The third-order valence-electron chi connectivity index (χ3n) is 3.43. The minimum Gasteiger partial charge on any atom is -0.351 e. The molecule has 0 radical (unpaired) electrons. The van der Waals surface area contributed by atoms with Gasteiger partial charge in [-0.3, -0.25) is 4.79 Å². The molecule has 1 amide bonds. The van der Waals surface area contributed by atoms with Gasteiger partial charge in [0.2, 0.25) is 10.0 Å². The highest BCUT2D eigenvalue weighted by molar-refractivity contribution is 7.98. The zero-order chi connectivity index (χ0) is 19.2. The van der Waals surface area contributed by atoms with Crippen molar-refractivity contribution in [3.63, 3.8) is 0 Å². The largest absolute Gasteiger partial charge is 0.351 e. The molecule has 0 fully saturated rings. The average Bonchev–Trinajstić information content (AvgIpc) is 2.61. The average molecular weight is 410 g/mol. The zero-order valence-electron chi connectivity index (χ0n) is 13.6. The molecule has 6 nitrogen and oxygen atoms in total. The van der Waals surface area contributed by atoms with Crippen LogP contribution in [0.4, 0.5) is 0 Å². The van der Waals surface area contributed by atoms with Gasteiger partial charge in [-0.1, -0.05) is 29.8 Å². The number of nitrogens with two attached hydrogens (primary N) is 1. The van der Waals surface area contributed by atoms with Crippen LogP contribution >= 0.6 is 23.4 Å². The molecule has 0 aliphatic rings. The van der Waals surface area contributed by atoms with Gasteiger partial charge in [0.05, 0.1) is 16.7 Å². The molecule has 26 heavy (non-hydrogen) atoms.